The molecule has 0 saturated heterocycles. The average molecular weight is 467 g/mol. The van der Waals surface area contributed by atoms with E-state index in [1.807, 2.05) is 0 Å². The molecule has 0 bridgehead atoms. The topological polar surface area (TPSA) is 128 Å². The number of hydrogen-bond acceptors (Lipinski definition) is 5. The van der Waals surface area contributed by atoms with Crippen LogP contribution in [0.1, 0.15) is 42.8 Å². The number of aliphatic hydroxyl groups is 1. The predicted molar refractivity (Wildman–Crippen MR) is 127 cm³/mol. The zero-order valence-electron chi connectivity index (χ0n) is 19.6. The van der Waals surface area contributed by atoms with Crippen molar-refractivity contribution in [1.29, 1.82) is 0 Å². The first-order chi connectivity index (χ1) is 16.1. The van der Waals surface area contributed by atoms with Gasteiger partial charge in [-0.05, 0) is 30.5 Å². The van der Waals surface area contributed by atoms with Crippen LogP contribution in [-0.2, 0) is 14.4 Å². The largest absolute Gasteiger partial charge is 0.386 e. The Morgan fingerprint density at radius 3 is 2.15 bits per heavy atom. The maximum Gasteiger partial charge on any atom is 0.254 e. The molecule has 34 heavy (non-hydrogen) atoms. The number of anilines is 1. The van der Waals surface area contributed by atoms with Crippen LogP contribution in [0.3, 0.4) is 0 Å². The van der Waals surface area contributed by atoms with Crippen LogP contribution in [0.15, 0.2) is 54.6 Å². The van der Waals surface area contributed by atoms with Gasteiger partial charge in [-0.2, -0.15) is 0 Å². The molecule has 0 aromatic heterocycles. The van der Waals surface area contributed by atoms with Crippen molar-refractivity contribution in [2.45, 2.75) is 45.0 Å². The van der Waals surface area contributed by atoms with E-state index in [1.165, 1.54) is 20.0 Å². The number of amides is 4. The minimum Gasteiger partial charge on any atom is -0.386 e. The fraction of sp³-hybridized carbons (Fsp3) is 0.360. The third kappa shape index (κ3) is 5.26. The Bertz CT molecular complexity index is 1070. The maximum atomic E-state index is 13.5. The second-order valence-electron chi connectivity index (χ2n) is 8.71. The molecule has 0 radical (unpaired) electrons. The number of aliphatic hydroxyl groups excluding tert-OH is 1. The highest BCUT2D eigenvalue weighted by Crippen LogP contribution is 2.25. The molecule has 2 aromatic rings. The van der Waals surface area contributed by atoms with E-state index in [0.717, 1.165) is 4.90 Å². The van der Waals surface area contributed by atoms with Gasteiger partial charge in [0.1, 0.15) is 24.2 Å². The standard InChI is InChI=1S/C25H30N4O5/c1-14(2)19-25(34)29(4)20(21(30)16-10-6-5-7-11-16)24(33)27-18-13-9-8-12-17(18)23(32)26-15(3)22(31)28-19/h5-15,19-21,30H,1-4H3,(H,26,32)(H,27,33)(H,28,31)/t15-,19-,20+,21-/m0/s1. The summed E-state index contributed by atoms with van der Waals surface area (Å²) in [5.74, 6) is -2.62. The third-order valence-corrected chi connectivity index (χ3v) is 5.87. The molecular formula is C25H30N4O5. The molecule has 3 rings (SSSR count). The minimum absolute atomic E-state index is 0.150. The molecule has 0 fully saturated rings. The number of para-hydroxylation sites is 1. The van der Waals surface area contributed by atoms with E-state index in [2.05, 4.69) is 16.0 Å². The lowest BCUT2D eigenvalue weighted by Gasteiger charge is -2.34. The number of benzene rings is 2. The molecule has 4 atom stereocenters. The first-order valence-corrected chi connectivity index (χ1v) is 11.1. The van der Waals surface area contributed by atoms with Crippen molar-refractivity contribution in [2.24, 2.45) is 5.92 Å². The van der Waals surface area contributed by atoms with Gasteiger partial charge in [0.2, 0.25) is 17.7 Å². The highest BCUT2D eigenvalue weighted by Gasteiger charge is 2.39. The summed E-state index contributed by atoms with van der Waals surface area (Å²) in [6.45, 7) is 5.04. The van der Waals surface area contributed by atoms with Crippen LogP contribution in [0.5, 0.6) is 0 Å². The average Bonchev–Trinajstić information content (AvgIpc) is 2.82. The zero-order valence-corrected chi connectivity index (χ0v) is 19.6. The summed E-state index contributed by atoms with van der Waals surface area (Å²) < 4.78 is 0. The van der Waals surface area contributed by atoms with E-state index in [-0.39, 0.29) is 17.2 Å². The molecule has 180 valence electrons. The third-order valence-electron chi connectivity index (χ3n) is 5.87. The quantitative estimate of drug-likeness (QED) is 0.545. The molecule has 0 unspecified atom stereocenters. The molecule has 2 aromatic carbocycles. The summed E-state index contributed by atoms with van der Waals surface area (Å²) in [6.07, 6.45) is -1.36. The molecule has 4 amide bonds. The van der Waals surface area contributed by atoms with Crippen LogP contribution in [0.4, 0.5) is 5.69 Å². The zero-order chi connectivity index (χ0) is 25.0. The predicted octanol–water partition coefficient (Wildman–Crippen LogP) is 1.46. The second kappa shape index (κ2) is 10.5. The summed E-state index contributed by atoms with van der Waals surface area (Å²) >= 11 is 0. The Labute approximate surface area is 198 Å². The Morgan fingerprint density at radius 2 is 1.50 bits per heavy atom. The molecule has 1 aliphatic heterocycles. The van der Waals surface area contributed by atoms with Crippen LogP contribution >= 0.6 is 0 Å². The fourth-order valence-corrected chi connectivity index (χ4v) is 3.85. The first-order valence-electron chi connectivity index (χ1n) is 11.1. The van der Waals surface area contributed by atoms with Crippen molar-refractivity contribution < 1.29 is 24.3 Å². The van der Waals surface area contributed by atoms with Crippen molar-refractivity contribution in [2.75, 3.05) is 12.4 Å². The minimum atomic E-state index is -1.36. The summed E-state index contributed by atoms with van der Waals surface area (Å²) in [5, 5.41) is 19.1. The Morgan fingerprint density at radius 1 is 0.882 bits per heavy atom. The number of nitrogens with one attached hydrogen (secondary N) is 3. The molecular weight excluding hydrogens is 436 g/mol. The van der Waals surface area contributed by atoms with Crippen LogP contribution in [0.2, 0.25) is 0 Å². The van der Waals surface area contributed by atoms with Gasteiger partial charge in [-0.15, -0.1) is 0 Å². The summed E-state index contributed by atoms with van der Waals surface area (Å²) in [6, 6.07) is 11.6. The van der Waals surface area contributed by atoms with Crippen molar-refractivity contribution in [1.82, 2.24) is 15.5 Å². The fourth-order valence-electron chi connectivity index (χ4n) is 3.85. The lowest BCUT2D eigenvalue weighted by molar-refractivity contribution is -0.145. The highest BCUT2D eigenvalue weighted by atomic mass is 16.3. The van der Waals surface area contributed by atoms with Crippen molar-refractivity contribution in [3.8, 4) is 0 Å². The van der Waals surface area contributed by atoms with E-state index < -0.39 is 47.9 Å². The Hall–Kier alpha value is -3.72. The number of likely N-dealkylation sites (N-methyl/N-ethyl adjacent to an activating group) is 1. The number of carbonyl (C=O) groups excluding carboxylic acids is 4. The van der Waals surface area contributed by atoms with Crippen molar-refractivity contribution in [3.05, 3.63) is 65.7 Å². The van der Waals surface area contributed by atoms with Gasteiger partial charge in [-0.3, -0.25) is 19.2 Å². The molecule has 0 spiro atoms. The first kappa shape index (κ1) is 24.9. The summed E-state index contributed by atoms with van der Waals surface area (Å²) in [5.41, 5.74) is 0.789. The second-order valence-corrected chi connectivity index (χ2v) is 8.71. The Kier molecular flexibility index (Phi) is 7.68. The van der Waals surface area contributed by atoms with Crippen LogP contribution < -0.4 is 16.0 Å². The van der Waals surface area contributed by atoms with Gasteiger partial charge in [0.05, 0.1) is 11.3 Å². The van der Waals surface area contributed by atoms with E-state index in [4.69, 9.17) is 0 Å². The number of hydrogen-bond donors (Lipinski definition) is 4. The SMILES string of the molecule is CC(C)[C@@H]1NC(=O)[C@H](C)NC(=O)c2ccccc2NC(=O)[C@@H]([C@@H](O)c2ccccc2)N(C)C1=O. The van der Waals surface area contributed by atoms with Gasteiger partial charge >= 0.3 is 0 Å². The summed E-state index contributed by atoms with van der Waals surface area (Å²) in [4.78, 5) is 53.8. The number of fused-ring (bicyclic) bond motifs is 1. The van der Waals surface area contributed by atoms with Gasteiger partial charge in [0, 0.05) is 7.05 Å². The Balaban J connectivity index is 2.12. The van der Waals surface area contributed by atoms with Crippen LogP contribution in [-0.4, -0.2) is 58.8 Å². The van der Waals surface area contributed by atoms with Gasteiger partial charge < -0.3 is 26.0 Å². The maximum absolute atomic E-state index is 13.5. The molecule has 1 heterocycles. The molecule has 0 aliphatic carbocycles. The molecule has 9 heteroatoms. The normalized spacial score (nSPS) is 23.0. The van der Waals surface area contributed by atoms with Gasteiger partial charge in [0.25, 0.3) is 5.91 Å². The highest BCUT2D eigenvalue weighted by molar-refractivity contribution is 6.07. The molecule has 4 N–H and O–H groups in total. The summed E-state index contributed by atoms with van der Waals surface area (Å²) in [7, 11) is 1.42. The number of rotatable bonds is 3. The number of carbonyl (C=O) groups is 4. The lowest BCUT2D eigenvalue weighted by atomic mass is 9.97. The van der Waals surface area contributed by atoms with Crippen molar-refractivity contribution in [3.63, 3.8) is 0 Å². The monoisotopic (exact) mass is 466 g/mol. The van der Waals surface area contributed by atoms with Gasteiger partial charge in [-0.25, -0.2) is 0 Å². The van der Waals surface area contributed by atoms with Gasteiger partial charge in [-0.1, -0.05) is 56.3 Å². The number of nitrogens with zero attached hydrogens (tertiary/aromatic N) is 1. The van der Waals surface area contributed by atoms with E-state index in [0.29, 0.717) is 5.56 Å². The van der Waals surface area contributed by atoms with Crippen molar-refractivity contribution >= 4 is 29.3 Å². The van der Waals surface area contributed by atoms with Crippen LogP contribution in [0, 0.1) is 5.92 Å². The smallest absolute Gasteiger partial charge is 0.254 e. The lowest BCUT2D eigenvalue weighted by Crippen LogP contribution is -2.58. The molecule has 0 saturated carbocycles. The van der Waals surface area contributed by atoms with Gasteiger partial charge in [0.15, 0.2) is 0 Å². The molecule has 9 nitrogen and oxygen atoms in total. The van der Waals surface area contributed by atoms with E-state index in [9.17, 15) is 24.3 Å². The van der Waals surface area contributed by atoms with E-state index in [1.54, 1.807) is 62.4 Å². The van der Waals surface area contributed by atoms with E-state index >= 15 is 0 Å². The molecule has 1 aliphatic rings. The van der Waals surface area contributed by atoms with Crippen LogP contribution in [0.25, 0.3) is 0 Å².